The van der Waals surface area contributed by atoms with Gasteiger partial charge in [-0.25, -0.2) is 0 Å². The van der Waals surface area contributed by atoms with Gasteiger partial charge in [-0.05, 0) is 38.1 Å². The van der Waals surface area contributed by atoms with Gasteiger partial charge in [0.2, 0.25) is 0 Å². The van der Waals surface area contributed by atoms with E-state index in [4.69, 9.17) is 5.73 Å². The molecule has 0 fully saturated rings. The second-order valence-corrected chi connectivity index (χ2v) is 7.05. The molecule has 0 spiro atoms. The summed E-state index contributed by atoms with van der Waals surface area (Å²) in [6.45, 7) is 15.5. The van der Waals surface area contributed by atoms with Gasteiger partial charge in [-0.1, -0.05) is 34.6 Å². The van der Waals surface area contributed by atoms with Gasteiger partial charge in [0.15, 0.2) is 0 Å². The molecule has 16 heavy (non-hydrogen) atoms. The van der Waals surface area contributed by atoms with Gasteiger partial charge in [-0.2, -0.15) is 0 Å². The van der Waals surface area contributed by atoms with Gasteiger partial charge >= 0.3 is 0 Å². The summed E-state index contributed by atoms with van der Waals surface area (Å²) >= 11 is 0. The summed E-state index contributed by atoms with van der Waals surface area (Å²) in [5.41, 5.74) is 6.46. The first-order valence-corrected chi connectivity index (χ1v) is 6.52. The summed E-state index contributed by atoms with van der Waals surface area (Å²) in [7, 11) is 2.21. The highest BCUT2D eigenvalue weighted by molar-refractivity contribution is 4.87. The molecule has 0 saturated carbocycles. The van der Waals surface area contributed by atoms with E-state index in [0.717, 1.165) is 19.0 Å². The van der Waals surface area contributed by atoms with Crippen LogP contribution < -0.4 is 5.73 Å². The molecule has 1 atom stereocenters. The molecule has 0 heterocycles. The second-order valence-electron chi connectivity index (χ2n) is 7.05. The molecule has 0 amide bonds. The number of hydrogen-bond donors (Lipinski definition) is 1. The van der Waals surface area contributed by atoms with E-state index in [1.54, 1.807) is 0 Å². The SMILES string of the molecule is CC(C)CCC(C)(CN)N(C)CC(C)(C)C. The van der Waals surface area contributed by atoms with Crippen molar-refractivity contribution in [3.8, 4) is 0 Å². The zero-order chi connectivity index (χ0) is 13.0. The molecular weight excluding hydrogens is 196 g/mol. The summed E-state index contributed by atoms with van der Waals surface area (Å²) in [5.74, 6) is 0.758. The normalized spacial score (nSPS) is 16.9. The molecule has 0 aromatic carbocycles. The lowest BCUT2D eigenvalue weighted by Gasteiger charge is -2.42. The summed E-state index contributed by atoms with van der Waals surface area (Å²) in [5, 5.41) is 0. The highest BCUT2D eigenvalue weighted by Crippen LogP contribution is 2.25. The standard InChI is InChI=1S/C14H32N2/c1-12(2)8-9-14(6,10-15)16(7)11-13(3,4)5/h12H,8-11,15H2,1-7H3. The fraction of sp³-hybridized carbons (Fsp3) is 1.00. The molecule has 0 aromatic rings. The molecule has 2 nitrogen and oxygen atoms in total. The van der Waals surface area contributed by atoms with Crippen LogP contribution in [-0.2, 0) is 0 Å². The monoisotopic (exact) mass is 228 g/mol. The predicted octanol–water partition coefficient (Wildman–Crippen LogP) is 3.12. The van der Waals surface area contributed by atoms with Gasteiger partial charge < -0.3 is 5.73 Å². The van der Waals surface area contributed by atoms with Crippen molar-refractivity contribution < 1.29 is 0 Å². The van der Waals surface area contributed by atoms with Crippen molar-refractivity contribution in [2.24, 2.45) is 17.1 Å². The highest BCUT2D eigenvalue weighted by atomic mass is 15.2. The summed E-state index contributed by atoms with van der Waals surface area (Å²) in [6, 6.07) is 0. The third-order valence-corrected chi connectivity index (χ3v) is 3.33. The molecule has 1 unspecified atom stereocenters. The van der Waals surface area contributed by atoms with Gasteiger partial charge in [-0.3, -0.25) is 4.90 Å². The number of nitrogens with zero attached hydrogens (tertiary/aromatic N) is 1. The Bertz CT molecular complexity index is 193. The molecule has 0 aliphatic carbocycles. The van der Waals surface area contributed by atoms with Gasteiger partial charge in [0.05, 0.1) is 0 Å². The first kappa shape index (κ1) is 15.9. The van der Waals surface area contributed by atoms with Gasteiger partial charge in [0, 0.05) is 18.6 Å². The van der Waals surface area contributed by atoms with Crippen molar-refractivity contribution in [3.05, 3.63) is 0 Å². The van der Waals surface area contributed by atoms with Crippen molar-refractivity contribution in [1.29, 1.82) is 0 Å². The lowest BCUT2D eigenvalue weighted by atomic mass is 9.87. The Balaban J connectivity index is 4.43. The highest BCUT2D eigenvalue weighted by Gasteiger charge is 2.30. The van der Waals surface area contributed by atoms with Crippen LogP contribution in [0.15, 0.2) is 0 Å². The molecule has 0 aromatic heterocycles. The Morgan fingerprint density at radius 2 is 1.62 bits per heavy atom. The van der Waals surface area contributed by atoms with Crippen LogP contribution in [0.3, 0.4) is 0 Å². The van der Waals surface area contributed by atoms with Crippen molar-refractivity contribution in [1.82, 2.24) is 4.90 Å². The van der Waals surface area contributed by atoms with Gasteiger partial charge in [0.1, 0.15) is 0 Å². The summed E-state index contributed by atoms with van der Waals surface area (Å²) in [4.78, 5) is 2.44. The van der Waals surface area contributed by atoms with Crippen LogP contribution in [0.5, 0.6) is 0 Å². The molecule has 98 valence electrons. The second kappa shape index (κ2) is 6.02. The van der Waals surface area contributed by atoms with Crippen LogP contribution in [0, 0.1) is 11.3 Å². The first-order chi connectivity index (χ1) is 7.10. The number of hydrogen-bond acceptors (Lipinski definition) is 2. The molecule has 0 aliphatic rings. The van der Waals surface area contributed by atoms with E-state index < -0.39 is 0 Å². The zero-order valence-corrected chi connectivity index (χ0v) is 12.4. The van der Waals surface area contributed by atoms with E-state index in [1.807, 2.05) is 0 Å². The first-order valence-electron chi connectivity index (χ1n) is 6.52. The van der Waals surface area contributed by atoms with E-state index in [0.29, 0.717) is 5.41 Å². The largest absolute Gasteiger partial charge is 0.329 e. The lowest BCUT2D eigenvalue weighted by molar-refractivity contribution is 0.0881. The van der Waals surface area contributed by atoms with Crippen molar-refractivity contribution in [2.45, 2.75) is 59.9 Å². The average Bonchev–Trinajstić information content (AvgIpc) is 2.11. The summed E-state index contributed by atoms with van der Waals surface area (Å²) in [6.07, 6.45) is 2.44. The van der Waals surface area contributed by atoms with Gasteiger partial charge in [-0.15, -0.1) is 0 Å². The molecule has 0 aliphatic heterocycles. The number of likely N-dealkylation sites (N-methyl/N-ethyl adjacent to an activating group) is 1. The van der Waals surface area contributed by atoms with Crippen molar-refractivity contribution in [3.63, 3.8) is 0 Å². The van der Waals surface area contributed by atoms with E-state index in [-0.39, 0.29) is 5.54 Å². The van der Waals surface area contributed by atoms with Crippen LogP contribution in [-0.4, -0.2) is 30.6 Å². The molecule has 0 radical (unpaired) electrons. The maximum Gasteiger partial charge on any atom is 0.0300 e. The fourth-order valence-corrected chi connectivity index (χ4v) is 1.95. The molecule has 2 heteroatoms. The minimum atomic E-state index is 0.150. The van der Waals surface area contributed by atoms with Crippen LogP contribution >= 0.6 is 0 Å². The Morgan fingerprint density at radius 1 is 1.12 bits per heavy atom. The minimum Gasteiger partial charge on any atom is -0.329 e. The fourth-order valence-electron chi connectivity index (χ4n) is 1.95. The maximum absolute atomic E-state index is 5.97. The van der Waals surface area contributed by atoms with E-state index in [9.17, 15) is 0 Å². The summed E-state index contributed by atoms with van der Waals surface area (Å²) < 4.78 is 0. The molecule has 0 saturated heterocycles. The van der Waals surface area contributed by atoms with Crippen LogP contribution in [0.25, 0.3) is 0 Å². The van der Waals surface area contributed by atoms with Crippen LogP contribution in [0.2, 0.25) is 0 Å². The zero-order valence-electron chi connectivity index (χ0n) is 12.4. The van der Waals surface area contributed by atoms with Crippen molar-refractivity contribution in [2.75, 3.05) is 20.1 Å². The maximum atomic E-state index is 5.97. The topological polar surface area (TPSA) is 29.3 Å². The van der Waals surface area contributed by atoms with Crippen LogP contribution in [0.4, 0.5) is 0 Å². The Morgan fingerprint density at radius 3 is 1.94 bits per heavy atom. The molecule has 0 rings (SSSR count). The number of rotatable bonds is 6. The Labute approximate surface area is 103 Å². The van der Waals surface area contributed by atoms with E-state index in [2.05, 4.69) is 53.5 Å². The third kappa shape index (κ3) is 5.86. The quantitative estimate of drug-likeness (QED) is 0.757. The molecule has 2 N–H and O–H groups in total. The Kier molecular flexibility index (Phi) is 5.99. The average molecular weight is 228 g/mol. The molecular formula is C14H32N2. The Hall–Kier alpha value is -0.0800. The van der Waals surface area contributed by atoms with E-state index in [1.165, 1.54) is 12.8 Å². The molecule has 0 bridgehead atoms. The smallest absolute Gasteiger partial charge is 0.0300 e. The predicted molar refractivity (Wildman–Crippen MR) is 73.6 cm³/mol. The third-order valence-electron chi connectivity index (χ3n) is 3.33. The number of nitrogens with two attached hydrogens (primary N) is 1. The lowest BCUT2D eigenvalue weighted by Crippen LogP contribution is -2.52. The van der Waals surface area contributed by atoms with Crippen LogP contribution in [0.1, 0.15) is 54.4 Å². The van der Waals surface area contributed by atoms with E-state index >= 15 is 0 Å². The van der Waals surface area contributed by atoms with Crippen molar-refractivity contribution >= 4 is 0 Å². The minimum absolute atomic E-state index is 0.150. The van der Waals surface area contributed by atoms with Gasteiger partial charge in [0.25, 0.3) is 0 Å².